The molecule has 0 bridgehead atoms. The van der Waals surface area contributed by atoms with Crippen molar-refractivity contribution in [2.75, 3.05) is 11.9 Å². The standard InChI is InChI=1S/C18H21N3O2S/c1-11(2)7-16(22)19-6-5-18-21-15(10-24-18)12-3-4-14-13(8-12)9-17(23)20-14/h3-4,8,10-11H,5-7,9H2,1-2H3,(H,19,22)(H,20,23). The smallest absolute Gasteiger partial charge is 0.228 e. The van der Waals surface area contributed by atoms with Gasteiger partial charge in [0.1, 0.15) is 0 Å². The first-order valence-electron chi connectivity index (χ1n) is 8.15. The quantitative estimate of drug-likeness (QED) is 0.847. The molecule has 0 fully saturated rings. The SMILES string of the molecule is CC(C)CC(=O)NCCc1nc(-c2ccc3c(c2)CC(=O)N3)cs1. The number of aromatic nitrogens is 1. The first kappa shape index (κ1) is 16.6. The zero-order chi connectivity index (χ0) is 17.1. The fourth-order valence-corrected chi connectivity index (χ4v) is 3.51. The highest BCUT2D eigenvalue weighted by Crippen LogP contribution is 2.29. The maximum atomic E-state index is 11.6. The molecule has 2 N–H and O–H groups in total. The van der Waals surface area contributed by atoms with E-state index in [1.807, 2.05) is 37.4 Å². The Kier molecular flexibility index (Phi) is 4.94. The summed E-state index contributed by atoms with van der Waals surface area (Å²) in [6.45, 7) is 4.68. The van der Waals surface area contributed by atoms with Crippen LogP contribution in [0.1, 0.15) is 30.8 Å². The first-order chi connectivity index (χ1) is 11.5. The Morgan fingerprint density at radius 1 is 1.42 bits per heavy atom. The summed E-state index contributed by atoms with van der Waals surface area (Å²) >= 11 is 1.60. The zero-order valence-corrected chi connectivity index (χ0v) is 14.7. The summed E-state index contributed by atoms with van der Waals surface area (Å²) in [4.78, 5) is 27.7. The van der Waals surface area contributed by atoms with Gasteiger partial charge in [-0.05, 0) is 23.6 Å². The van der Waals surface area contributed by atoms with Crippen molar-refractivity contribution in [1.82, 2.24) is 10.3 Å². The number of hydrogen-bond donors (Lipinski definition) is 2. The number of benzene rings is 1. The van der Waals surface area contributed by atoms with Gasteiger partial charge in [-0.25, -0.2) is 4.98 Å². The van der Waals surface area contributed by atoms with Crippen LogP contribution in [0.2, 0.25) is 0 Å². The Bertz CT molecular complexity index is 767. The normalized spacial score (nSPS) is 13.0. The number of carbonyl (C=O) groups excluding carboxylic acids is 2. The molecule has 1 aromatic carbocycles. The van der Waals surface area contributed by atoms with Gasteiger partial charge < -0.3 is 10.6 Å². The van der Waals surface area contributed by atoms with E-state index < -0.39 is 0 Å². The third-order valence-corrected chi connectivity index (χ3v) is 4.74. The maximum absolute atomic E-state index is 11.6. The number of nitrogens with zero attached hydrogens (tertiary/aromatic N) is 1. The molecule has 0 saturated carbocycles. The van der Waals surface area contributed by atoms with Crippen molar-refractivity contribution in [3.8, 4) is 11.3 Å². The van der Waals surface area contributed by atoms with E-state index in [0.29, 0.717) is 25.3 Å². The molecule has 3 rings (SSSR count). The highest BCUT2D eigenvalue weighted by Gasteiger charge is 2.18. The van der Waals surface area contributed by atoms with E-state index in [0.717, 1.165) is 33.9 Å². The third kappa shape index (κ3) is 4.00. The predicted octanol–water partition coefficient (Wildman–Crippen LogP) is 3.01. The molecule has 2 amide bonds. The number of nitrogens with one attached hydrogen (secondary N) is 2. The van der Waals surface area contributed by atoms with Crippen LogP contribution in [0.3, 0.4) is 0 Å². The summed E-state index contributed by atoms with van der Waals surface area (Å²) in [6, 6.07) is 5.94. The van der Waals surface area contributed by atoms with Gasteiger partial charge >= 0.3 is 0 Å². The van der Waals surface area contributed by atoms with Gasteiger partial charge in [0.05, 0.1) is 17.1 Å². The lowest BCUT2D eigenvalue weighted by Crippen LogP contribution is -2.26. The Labute approximate surface area is 145 Å². The summed E-state index contributed by atoms with van der Waals surface area (Å²) in [7, 11) is 0. The molecule has 0 radical (unpaired) electrons. The average molecular weight is 343 g/mol. The van der Waals surface area contributed by atoms with E-state index in [1.54, 1.807) is 11.3 Å². The number of carbonyl (C=O) groups is 2. The molecule has 0 aliphatic carbocycles. The van der Waals surface area contributed by atoms with Crippen molar-refractivity contribution in [3.63, 3.8) is 0 Å². The number of amides is 2. The molecule has 0 saturated heterocycles. The molecule has 1 aliphatic heterocycles. The molecule has 0 spiro atoms. The Hall–Kier alpha value is -2.21. The van der Waals surface area contributed by atoms with E-state index in [9.17, 15) is 9.59 Å². The molecule has 0 atom stereocenters. The monoisotopic (exact) mass is 343 g/mol. The van der Waals surface area contributed by atoms with Crippen molar-refractivity contribution in [2.45, 2.75) is 33.1 Å². The van der Waals surface area contributed by atoms with Crippen LogP contribution in [0, 0.1) is 5.92 Å². The Balaban J connectivity index is 1.59. The summed E-state index contributed by atoms with van der Waals surface area (Å²) in [5.41, 5.74) is 3.86. The largest absolute Gasteiger partial charge is 0.356 e. The van der Waals surface area contributed by atoms with E-state index >= 15 is 0 Å². The van der Waals surface area contributed by atoms with Crippen LogP contribution >= 0.6 is 11.3 Å². The lowest BCUT2D eigenvalue weighted by Gasteiger charge is -2.05. The van der Waals surface area contributed by atoms with Crippen LogP contribution in [0.5, 0.6) is 0 Å². The fraction of sp³-hybridized carbons (Fsp3) is 0.389. The number of fused-ring (bicyclic) bond motifs is 1. The zero-order valence-electron chi connectivity index (χ0n) is 13.9. The van der Waals surface area contributed by atoms with Gasteiger partial charge in [0.2, 0.25) is 11.8 Å². The number of hydrogen-bond acceptors (Lipinski definition) is 4. The third-order valence-electron chi connectivity index (χ3n) is 3.83. The van der Waals surface area contributed by atoms with Crippen molar-refractivity contribution in [3.05, 3.63) is 34.2 Å². The Morgan fingerprint density at radius 2 is 2.25 bits per heavy atom. The maximum Gasteiger partial charge on any atom is 0.228 e. The number of anilines is 1. The molecule has 0 unspecified atom stereocenters. The predicted molar refractivity (Wildman–Crippen MR) is 96.1 cm³/mol. The molecular weight excluding hydrogens is 322 g/mol. The van der Waals surface area contributed by atoms with Gasteiger partial charge in [-0.1, -0.05) is 19.9 Å². The molecular formula is C18H21N3O2S. The lowest BCUT2D eigenvalue weighted by molar-refractivity contribution is -0.121. The van der Waals surface area contributed by atoms with E-state index in [4.69, 9.17) is 0 Å². The molecule has 24 heavy (non-hydrogen) atoms. The summed E-state index contributed by atoms with van der Waals surface area (Å²) in [5.74, 6) is 0.508. The Morgan fingerprint density at radius 3 is 3.04 bits per heavy atom. The van der Waals surface area contributed by atoms with Crippen LogP contribution in [0.4, 0.5) is 5.69 Å². The van der Waals surface area contributed by atoms with Crippen molar-refractivity contribution in [1.29, 1.82) is 0 Å². The van der Waals surface area contributed by atoms with E-state index in [2.05, 4.69) is 15.6 Å². The minimum Gasteiger partial charge on any atom is -0.356 e. The number of thiazole rings is 1. The van der Waals surface area contributed by atoms with Gasteiger partial charge in [0.15, 0.2) is 0 Å². The number of rotatable bonds is 6. The van der Waals surface area contributed by atoms with Gasteiger partial charge in [0, 0.05) is 36.0 Å². The van der Waals surface area contributed by atoms with E-state index in [-0.39, 0.29) is 11.8 Å². The fourth-order valence-electron chi connectivity index (χ4n) is 2.70. The van der Waals surface area contributed by atoms with Crippen LogP contribution in [0.15, 0.2) is 23.6 Å². The lowest BCUT2D eigenvalue weighted by atomic mass is 10.1. The van der Waals surface area contributed by atoms with Gasteiger partial charge in [-0.2, -0.15) is 0 Å². The van der Waals surface area contributed by atoms with Crippen LogP contribution < -0.4 is 10.6 Å². The van der Waals surface area contributed by atoms with Gasteiger partial charge in [0.25, 0.3) is 0 Å². The molecule has 1 aromatic heterocycles. The molecule has 5 nitrogen and oxygen atoms in total. The average Bonchev–Trinajstić information content (AvgIpc) is 3.11. The topological polar surface area (TPSA) is 71.1 Å². The summed E-state index contributed by atoms with van der Waals surface area (Å²) in [5, 5.41) is 8.80. The van der Waals surface area contributed by atoms with Gasteiger partial charge in [-0.3, -0.25) is 9.59 Å². The van der Waals surface area contributed by atoms with E-state index in [1.165, 1.54) is 0 Å². The second-order valence-corrected chi connectivity index (χ2v) is 7.36. The summed E-state index contributed by atoms with van der Waals surface area (Å²) in [6.07, 6.45) is 1.73. The second kappa shape index (κ2) is 7.13. The van der Waals surface area contributed by atoms with Gasteiger partial charge in [-0.15, -0.1) is 11.3 Å². The first-order valence-corrected chi connectivity index (χ1v) is 9.03. The molecule has 6 heteroatoms. The molecule has 1 aliphatic rings. The van der Waals surface area contributed by atoms with Crippen LogP contribution in [0.25, 0.3) is 11.3 Å². The highest BCUT2D eigenvalue weighted by molar-refractivity contribution is 7.09. The van der Waals surface area contributed by atoms with Crippen LogP contribution in [-0.4, -0.2) is 23.3 Å². The highest BCUT2D eigenvalue weighted by atomic mass is 32.1. The van der Waals surface area contributed by atoms with Crippen molar-refractivity contribution in [2.24, 2.45) is 5.92 Å². The molecule has 126 valence electrons. The summed E-state index contributed by atoms with van der Waals surface area (Å²) < 4.78 is 0. The van der Waals surface area contributed by atoms with Crippen molar-refractivity contribution >= 4 is 28.8 Å². The minimum absolute atomic E-state index is 0.0401. The molecule has 2 heterocycles. The van der Waals surface area contributed by atoms with Crippen molar-refractivity contribution < 1.29 is 9.59 Å². The van der Waals surface area contributed by atoms with Crippen LogP contribution in [-0.2, 0) is 22.4 Å². The molecule has 2 aromatic rings. The second-order valence-electron chi connectivity index (χ2n) is 6.42. The minimum atomic E-state index is 0.0401.